The average Bonchev–Trinajstić information content (AvgIpc) is 2.76. The van der Waals surface area contributed by atoms with Gasteiger partial charge in [0.05, 0.1) is 0 Å². The van der Waals surface area contributed by atoms with E-state index in [4.69, 9.17) is 0 Å². The number of amides is 1. The number of piperidine rings is 3. The summed E-state index contributed by atoms with van der Waals surface area (Å²) >= 11 is 0. The minimum atomic E-state index is 0.133. The van der Waals surface area contributed by atoms with Crippen LogP contribution in [0.4, 0.5) is 11.4 Å². The number of carbonyl (C=O) groups excluding carboxylic acids is 1. The molecule has 1 unspecified atom stereocenters. The normalized spacial score (nSPS) is 23.1. The summed E-state index contributed by atoms with van der Waals surface area (Å²) < 4.78 is 0. The molecule has 0 spiro atoms. The molecule has 2 aromatic carbocycles. The fourth-order valence-corrected chi connectivity index (χ4v) is 5.07. The predicted octanol–water partition coefficient (Wildman–Crippen LogP) is 4.71. The number of fused-ring (bicyclic) bond motifs is 3. The number of carbonyl (C=O) groups is 1. The lowest BCUT2D eigenvalue weighted by Gasteiger charge is -2.50. The van der Waals surface area contributed by atoms with Gasteiger partial charge in [0.15, 0.2) is 0 Å². The molecule has 2 aromatic rings. The van der Waals surface area contributed by atoms with Gasteiger partial charge in [0.25, 0.3) is 5.91 Å². The average molecular weight is 392 g/mol. The maximum absolute atomic E-state index is 12.9. The molecule has 5 rings (SSSR count). The van der Waals surface area contributed by atoms with Crippen molar-refractivity contribution >= 4 is 17.3 Å². The topological polar surface area (TPSA) is 26.8 Å². The van der Waals surface area contributed by atoms with E-state index in [0.717, 1.165) is 36.7 Å². The smallest absolute Gasteiger partial charge is 0.254 e. The lowest BCUT2D eigenvalue weighted by atomic mass is 9.82. The molecule has 4 heteroatoms. The molecule has 0 aromatic heterocycles. The van der Waals surface area contributed by atoms with E-state index in [0.29, 0.717) is 6.04 Å². The van der Waals surface area contributed by atoms with Crippen LogP contribution in [0.1, 0.15) is 42.6 Å². The number of hydrogen-bond acceptors (Lipinski definition) is 3. The van der Waals surface area contributed by atoms with Gasteiger partial charge in [-0.2, -0.15) is 0 Å². The minimum absolute atomic E-state index is 0.133. The van der Waals surface area contributed by atoms with Crippen LogP contribution in [0.2, 0.25) is 0 Å². The highest BCUT2D eigenvalue weighted by atomic mass is 16.2. The number of anilines is 2. The Morgan fingerprint density at radius 2 is 1.69 bits per heavy atom. The van der Waals surface area contributed by atoms with Crippen molar-refractivity contribution in [3.63, 3.8) is 0 Å². The zero-order valence-electron chi connectivity index (χ0n) is 18.0. The zero-order valence-corrected chi connectivity index (χ0v) is 18.0. The molecule has 1 atom stereocenters. The molecule has 1 amide bonds. The lowest BCUT2D eigenvalue weighted by molar-refractivity contribution is 0.0772. The second kappa shape index (κ2) is 8.58. The highest BCUT2D eigenvalue weighted by Crippen LogP contribution is 2.38. The van der Waals surface area contributed by atoms with Crippen molar-refractivity contribution in [3.8, 4) is 0 Å². The van der Waals surface area contributed by atoms with Gasteiger partial charge in [-0.05, 0) is 88.5 Å². The van der Waals surface area contributed by atoms with Crippen LogP contribution in [0.25, 0.3) is 0 Å². The highest BCUT2D eigenvalue weighted by molar-refractivity contribution is 5.96. The first kappa shape index (κ1) is 20.0. The van der Waals surface area contributed by atoms with Gasteiger partial charge in [-0.25, -0.2) is 0 Å². The van der Waals surface area contributed by atoms with Crippen molar-refractivity contribution in [2.75, 3.05) is 37.6 Å². The van der Waals surface area contributed by atoms with E-state index in [1.807, 2.05) is 24.8 Å². The Bertz CT molecular complexity index is 838. The molecule has 2 bridgehead atoms. The molecular weight excluding hydrogens is 358 g/mol. The third-order valence-electron chi connectivity index (χ3n) is 6.76. The van der Waals surface area contributed by atoms with Gasteiger partial charge in [0.2, 0.25) is 0 Å². The van der Waals surface area contributed by atoms with Crippen LogP contribution in [0.15, 0.2) is 48.5 Å². The number of aryl methyl sites for hydroxylation is 1. The summed E-state index contributed by atoms with van der Waals surface area (Å²) in [5, 5.41) is 0. The van der Waals surface area contributed by atoms with Crippen molar-refractivity contribution in [2.24, 2.45) is 5.92 Å². The molecule has 3 saturated heterocycles. The summed E-state index contributed by atoms with van der Waals surface area (Å²) in [6.07, 6.45) is 2.57. The van der Waals surface area contributed by atoms with Crippen molar-refractivity contribution in [1.82, 2.24) is 9.80 Å². The van der Waals surface area contributed by atoms with Gasteiger partial charge >= 0.3 is 0 Å². The maximum Gasteiger partial charge on any atom is 0.254 e. The van der Waals surface area contributed by atoms with Crippen molar-refractivity contribution < 1.29 is 4.79 Å². The van der Waals surface area contributed by atoms with E-state index in [9.17, 15) is 4.79 Å². The van der Waals surface area contributed by atoms with Crippen molar-refractivity contribution in [1.29, 1.82) is 0 Å². The lowest BCUT2D eigenvalue weighted by Crippen LogP contribution is -2.56. The van der Waals surface area contributed by atoms with Crippen LogP contribution in [-0.2, 0) is 0 Å². The predicted molar refractivity (Wildman–Crippen MR) is 120 cm³/mol. The van der Waals surface area contributed by atoms with E-state index in [1.54, 1.807) is 0 Å². The SMILES string of the molecule is CCN(CC)C(=O)c1ccc(N(c2ccccc2)C2CN3CCC2CC3)cc1C. The molecule has 0 N–H and O–H groups in total. The van der Waals surface area contributed by atoms with Gasteiger partial charge in [0.1, 0.15) is 0 Å². The molecule has 0 saturated carbocycles. The molecule has 154 valence electrons. The molecule has 0 aliphatic carbocycles. The fourth-order valence-electron chi connectivity index (χ4n) is 5.07. The van der Waals surface area contributed by atoms with E-state index >= 15 is 0 Å². The third kappa shape index (κ3) is 3.91. The molecule has 0 radical (unpaired) electrons. The maximum atomic E-state index is 12.9. The summed E-state index contributed by atoms with van der Waals surface area (Å²) in [6, 6.07) is 17.6. The first-order valence-corrected chi connectivity index (χ1v) is 11.1. The number of hydrogen-bond donors (Lipinski definition) is 0. The minimum Gasteiger partial charge on any atom is -0.339 e. The van der Waals surface area contributed by atoms with Gasteiger partial charge in [0, 0.05) is 42.6 Å². The molecule has 29 heavy (non-hydrogen) atoms. The molecule has 3 heterocycles. The van der Waals surface area contributed by atoms with Gasteiger partial charge < -0.3 is 14.7 Å². The summed E-state index contributed by atoms with van der Waals surface area (Å²) in [6.45, 7) is 11.2. The first-order valence-electron chi connectivity index (χ1n) is 11.1. The molecule has 3 aliphatic heterocycles. The second-order valence-corrected chi connectivity index (χ2v) is 8.39. The zero-order chi connectivity index (χ0) is 20.4. The Morgan fingerprint density at radius 1 is 1.00 bits per heavy atom. The number of rotatable bonds is 6. The summed E-state index contributed by atoms with van der Waals surface area (Å²) in [4.78, 5) is 19.9. The number of para-hydroxylation sites is 1. The molecule has 4 nitrogen and oxygen atoms in total. The Morgan fingerprint density at radius 3 is 2.24 bits per heavy atom. The van der Waals surface area contributed by atoms with E-state index in [2.05, 4.69) is 59.2 Å². The third-order valence-corrected chi connectivity index (χ3v) is 6.76. The van der Waals surface area contributed by atoms with Gasteiger partial charge in [-0.1, -0.05) is 18.2 Å². The second-order valence-electron chi connectivity index (χ2n) is 8.39. The Balaban J connectivity index is 1.70. The molecule has 3 fully saturated rings. The van der Waals surface area contributed by atoms with Crippen molar-refractivity contribution in [2.45, 2.75) is 39.7 Å². The van der Waals surface area contributed by atoms with E-state index in [1.165, 1.54) is 37.3 Å². The molecular formula is C25H33N3O. The van der Waals surface area contributed by atoms with Crippen LogP contribution < -0.4 is 4.90 Å². The highest BCUT2D eigenvalue weighted by Gasteiger charge is 2.38. The summed E-state index contributed by atoms with van der Waals surface area (Å²) in [5.41, 5.74) is 4.32. The van der Waals surface area contributed by atoms with Crippen LogP contribution in [0, 0.1) is 12.8 Å². The summed E-state index contributed by atoms with van der Waals surface area (Å²) in [5.74, 6) is 0.866. The molecule has 3 aliphatic rings. The van der Waals surface area contributed by atoms with Gasteiger partial charge in [-0.15, -0.1) is 0 Å². The van der Waals surface area contributed by atoms with Crippen molar-refractivity contribution in [3.05, 3.63) is 59.7 Å². The summed E-state index contributed by atoms with van der Waals surface area (Å²) in [7, 11) is 0. The van der Waals surface area contributed by atoms with Gasteiger partial charge in [-0.3, -0.25) is 4.79 Å². The number of nitrogens with zero attached hydrogens (tertiary/aromatic N) is 3. The van der Waals surface area contributed by atoms with E-state index < -0.39 is 0 Å². The monoisotopic (exact) mass is 391 g/mol. The number of benzene rings is 2. The van der Waals surface area contributed by atoms with Crippen LogP contribution in [-0.4, -0.2) is 54.5 Å². The Kier molecular flexibility index (Phi) is 5.91. The van der Waals surface area contributed by atoms with E-state index in [-0.39, 0.29) is 5.91 Å². The quantitative estimate of drug-likeness (QED) is 0.713. The van der Waals surface area contributed by atoms with Crippen LogP contribution in [0.3, 0.4) is 0 Å². The largest absolute Gasteiger partial charge is 0.339 e. The Labute approximate surface area is 175 Å². The Hall–Kier alpha value is -2.33. The van der Waals surface area contributed by atoms with Crippen LogP contribution >= 0.6 is 0 Å². The standard InChI is InChI=1S/C25H33N3O/c1-4-27(5-2)25(29)23-12-11-22(17-19(23)3)28(21-9-7-6-8-10-21)24-18-26-15-13-20(24)14-16-26/h6-12,17,20,24H,4-5,13-16,18H2,1-3H3. The van der Waals surface area contributed by atoms with Crippen LogP contribution in [0.5, 0.6) is 0 Å². The fraction of sp³-hybridized carbons (Fsp3) is 0.480. The first-order chi connectivity index (χ1) is 14.1.